The molecular weight excluding hydrogens is 336 g/mol. The van der Waals surface area contributed by atoms with Crippen LogP contribution >= 0.6 is 0 Å². The molecule has 0 fully saturated rings. The van der Waals surface area contributed by atoms with E-state index in [0.717, 1.165) is 11.9 Å². The second-order valence-corrected chi connectivity index (χ2v) is 7.72. The molecule has 0 spiro atoms. The number of nitrogens with zero attached hydrogens (tertiary/aromatic N) is 1. The molecule has 0 atom stereocenters. The Morgan fingerprint density at radius 1 is 1.04 bits per heavy atom. The smallest absolute Gasteiger partial charge is 0.239 e. The molecule has 1 amide bonds. The number of sulfone groups is 1. The van der Waals surface area contributed by atoms with Crippen LogP contribution < -0.4 is 5.32 Å². The van der Waals surface area contributed by atoms with E-state index in [2.05, 4.69) is 5.32 Å². The Kier molecular flexibility index (Phi) is 4.90. The lowest BCUT2D eigenvalue weighted by Crippen LogP contribution is -2.27. The lowest BCUT2D eigenvalue weighted by Gasteiger charge is -2.06. The number of carbonyl (C=O) groups is 1. The van der Waals surface area contributed by atoms with Crippen molar-refractivity contribution in [3.63, 3.8) is 0 Å². The number of hydrogen-bond acceptors (Lipinski definition) is 3. The molecule has 1 N–H and O–H groups in total. The molecule has 0 aliphatic heterocycles. The van der Waals surface area contributed by atoms with Crippen LogP contribution in [0.5, 0.6) is 0 Å². The summed E-state index contributed by atoms with van der Waals surface area (Å²) < 4.78 is 27.7. The predicted octanol–water partition coefficient (Wildman–Crippen LogP) is 3.00. The number of carbonyl (C=O) groups excluding carboxylic acids is 1. The number of aromatic nitrogens is 1. The van der Waals surface area contributed by atoms with E-state index in [4.69, 9.17) is 0 Å². The summed E-state index contributed by atoms with van der Waals surface area (Å²) in [5, 5.41) is 3.44. The van der Waals surface area contributed by atoms with Crippen molar-refractivity contribution in [3.05, 3.63) is 60.8 Å². The molecule has 1 heterocycles. The minimum Gasteiger partial charge on any atom is -0.355 e. The van der Waals surface area contributed by atoms with Gasteiger partial charge in [0.25, 0.3) is 0 Å². The third-order valence-electron chi connectivity index (χ3n) is 3.98. The number of rotatable bonds is 6. The topological polar surface area (TPSA) is 68.2 Å². The van der Waals surface area contributed by atoms with E-state index >= 15 is 0 Å². The zero-order valence-corrected chi connectivity index (χ0v) is 14.8. The van der Waals surface area contributed by atoms with Crippen molar-refractivity contribution < 1.29 is 13.2 Å². The fourth-order valence-corrected chi connectivity index (χ4v) is 4.26. The highest BCUT2D eigenvalue weighted by atomic mass is 32.2. The highest BCUT2D eigenvalue weighted by Crippen LogP contribution is 2.30. The van der Waals surface area contributed by atoms with Crippen LogP contribution in [0.3, 0.4) is 0 Å². The summed E-state index contributed by atoms with van der Waals surface area (Å²) in [4.78, 5) is 12.5. The minimum absolute atomic E-state index is 0.0881. The van der Waals surface area contributed by atoms with Gasteiger partial charge in [-0.15, -0.1) is 0 Å². The molecule has 130 valence electrons. The Morgan fingerprint density at radius 3 is 2.44 bits per heavy atom. The third-order valence-corrected chi connectivity index (χ3v) is 5.78. The molecule has 0 aliphatic rings. The van der Waals surface area contributed by atoms with Crippen molar-refractivity contribution in [2.45, 2.75) is 29.7 Å². The molecule has 0 saturated carbocycles. The number of nitrogens with one attached hydrogen (secondary N) is 1. The van der Waals surface area contributed by atoms with Crippen LogP contribution in [0.15, 0.2) is 70.6 Å². The van der Waals surface area contributed by atoms with E-state index in [1.807, 2.05) is 19.1 Å². The molecular formula is C19H20N2O3S. The van der Waals surface area contributed by atoms with Gasteiger partial charge in [-0.1, -0.05) is 43.3 Å². The van der Waals surface area contributed by atoms with Gasteiger partial charge < -0.3 is 9.88 Å². The van der Waals surface area contributed by atoms with Crippen LogP contribution in [0.25, 0.3) is 10.9 Å². The lowest BCUT2D eigenvalue weighted by molar-refractivity contribution is -0.121. The summed E-state index contributed by atoms with van der Waals surface area (Å²) in [7, 11) is -3.65. The maximum Gasteiger partial charge on any atom is 0.239 e. The SMILES string of the molecule is CCCNC(=O)Cn1cc(S(=O)(=O)c2ccccc2)c2ccccc21. The van der Waals surface area contributed by atoms with Crippen molar-refractivity contribution >= 4 is 26.6 Å². The van der Waals surface area contributed by atoms with Gasteiger partial charge in [-0.2, -0.15) is 0 Å². The van der Waals surface area contributed by atoms with Crippen LogP contribution in [0.2, 0.25) is 0 Å². The summed E-state index contributed by atoms with van der Waals surface area (Å²) in [5.41, 5.74) is 0.726. The van der Waals surface area contributed by atoms with Gasteiger partial charge in [-0.05, 0) is 24.6 Å². The van der Waals surface area contributed by atoms with Gasteiger partial charge in [0.15, 0.2) is 0 Å². The van der Waals surface area contributed by atoms with Crippen LogP contribution in [0.4, 0.5) is 0 Å². The van der Waals surface area contributed by atoms with Crippen LogP contribution in [0, 0.1) is 0 Å². The average molecular weight is 356 g/mol. The molecule has 0 aliphatic carbocycles. The van der Waals surface area contributed by atoms with Gasteiger partial charge in [-0.3, -0.25) is 4.79 Å². The highest BCUT2D eigenvalue weighted by molar-refractivity contribution is 7.91. The van der Waals surface area contributed by atoms with E-state index in [0.29, 0.717) is 11.9 Å². The number of amides is 1. The fraction of sp³-hybridized carbons (Fsp3) is 0.211. The fourth-order valence-electron chi connectivity index (χ4n) is 2.76. The lowest BCUT2D eigenvalue weighted by atomic mass is 10.2. The Hall–Kier alpha value is -2.60. The van der Waals surface area contributed by atoms with Gasteiger partial charge in [0.05, 0.1) is 9.79 Å². The molecule has 0 radical (unpaired) electrons. The van der Waals surface area contributed by atoms with Crippen LogP contribution in [-0.4, -0.2) is 25.4 Å². The largest absolute Gasteiger partial charge is 0.355 e. The summed E-state index contributed by atoms with van der Waals surface area (Å²) in [5.74, 6) is -0.133. The molecule has 0 saturated heterocycles. The molecule has 0 bridgehead atoms. The Morgan fingerprint density at radius 2 is 1.72 bits per heavy atom. The predicted molar refractivity (Wildman–Crippen MR) is 97.1 cm³/mol. The van der Waals surface area contributed by atoms with Gasteiger partial charge in [0.2, 0.25) is 15.7 Å². The first-order chi connectivity index (χ1) is 12.0. The first kappa shape index (κ1) is 17.2. The van der Waals surface area contributed by atoms with E-state index in [-0.39, 0.29) is 22.2 Å². The Labute approximate surface area is 147 Å². The first-order valence-electron chi connectivity index (χ1n) is 8.18. The maximum atomic E-state index is 13.0. The molecule has 25 heavy (non-hydrogen) atoms. The minimum atomic E-state index is -3.65. The van der Waals surface area contributed by atoms with Crippen molar-refractivity contribution in [1.29, 1.82) is 0 Å². The Balaban J connectivity index is 2.07. The number of hydrogen-bond donors (Lipinski definition) is 1. The molecule has 3 aromatic rings. The van der Waals surface area contributed by atoms with Crippen molar-refractivity contribution in [1.82, 2.24) is 9.88 Å². The normalized spacial score (nSPS) is 11.6. The van der Waals surface area contributed by atoms with Crippen molar-refractivity contribution in [2.75, 3.05) is 6.54 Å². The molecule has 2 aromatic carbocycles. The molecule has 6 heteroatoms. The Bertz CT molecular complexity index is 992. The quantitative estimate of drug-likeness (QED) is 0.738. The number of benzene rings is 2. The van der Waals surface area contributed by atoms with Gasteiger partial charge in [-0.25, -0.2) is 8.42 Å². The van der Waals surface area contributed by atoms with Crippen LogP contribution in [-0.2, 0) is 21.2 Å². The second kappa shape index (κ2) is 7.11. The molecule has 1 aromatic heterocycles. The van der Waals surface area contributed by atoms with Gasteiger partial charge in [0.1, 0.15) is 6.54 Å². The van der Waals surface area contributed by atoms with Crippen molar-refractivity contribution in [2.24, 2.45) is 0 Å². The second-order valence-electron chi connectivity index (χ2n) is 5.80. The van der Waals surface area contributed by atoms with E-state index < -0.39 is 9.84 Å². The van der Waals surface area contributed by atoms with E-state index in [9.17, 15) is 13.2 Å². The van der Waals surface area contributed by atoms with E-state index in [1.165, 1.54) is 0 Å². The highest BCUT2D eigenvalue weighted by Gasteiger charge is 2.23. The molecule has 3 rings (SSSR count). The summed E-state index contributed by atoms with van der Waals surface area (Å²) in [6, 6.07) is 15.6. The number of para-hydroxylation sites is 1. The summed E-state index contributed by atoms with van der Waals surface area (Å²) in [6.45, 7) is 2.67. The molecule has 5 nitrogen and oxygen atoms in total. The first-order valence-corrected chi connectivity index (χ1v) is 9.67. The van der Waals surface area contributed by atoms with Crippen LogP contribution in [0.1, 0.15) is 13.3 Å². The zero-order chi connectivity index (χ0) is 17.9. The number of fused-ring (bicyclic) bond motifs is 1. The van der Waals surface area contributed by atoms with E-state index in [1.54, 1.807) is 53.2 Å². The third kappa shape index (κ3) is 3.44. The summed E-state index contributed by atoms with van der Waals surface area (Å²) in [6.07, 6.45) is 2.41. The van der Waals surface area contributed by atoms with Crippen molar-refractivity contribution in [3.8, 4) is 0 Å². The van der Waals surface area contributed by atoms with Gasteiger partial charge >= 0.3 is 0 Å². The summed E-state index contributed by atoms with van der Waals surface area (Å²) >= 11 is 0. The van der Waals surface area contributed by atoms with Gasteiger partial charge in [0, 0.05) is 23.6 Å². The monoisotopic (exact) mass is 356 g/mol. The maximum absolute atomic E-state index is 13.0. The molecule has 0 unspecified atom stereocenters. The zero-order valence-electron chi connectivity index (χ0n) is 14.0. The standard InChI is InChI=1S/C19H20N2O3S/c1-2-12-20-19(22)14-21-13-18(16-10-6-7-11-17(16)21)25(23,24)15-8-4-3-5-9-15/h3-11,13H,2,12,14H2,1H3,(H,20,22). The average Bonchev–Trinajstić information content (AvgIpc) is 3.00.